The van der Waals surface area contributed by atoms with E-state index in [4.69, 9.17) is 0 Å². The molecule has 1 unspecified atom stereocenters. The van der Waals surface area contributed by atoms with E-state index in [9.17, 15) is 4.79 Å². The minimum Gasteiger partial charge on any atom is -0.467 e. The molecule has 0 spiro atoms. The summed E-state index contributed by atoms with van der Waals surface area (Å²) >= 11 is 0. The first-order valence-corrected chi connectivity index (χ1v) is 4.17. The predicted octanol–water partition coefficient (Wildman–Crippen LogP) is 1.23. The van der Waals surface area contributed by atoms with Crippen molar-refractivity contribution in [3.05, 3.63) is 17.5 Å². The van der Waals surface area contributed by atoms with Crippen molar-refractivity contribution < 1.29 is 9.53 Å². The standard InChI is InChI=1S/C9H14N2O2/c1-6-5-7(2)11(10-6)8(3)9(12)13-4/h5,8H,1-4H3. The monoisotopic (exact) mass is 182 g/mol. The first-order valence-electron chi connectivity index (χ1n) is 4.17. The summed E-state index contributed by atoms with van der Waals surface area (Å²) in [4.78, 5) is 11.2. The molecule has 0 bridgehead atoms. The number of ether oxygens (including phenoxy) is 1. The number of hydrogen-bond acceptors (Lipinski definition) is 3. The van der Waals surface area contributed by atoms with E-state index < -0.39 is 0 Å². The predicted molar refractivity (Wildman–Crippen MR) is 48.4 cm³/mol. The summed E-state index contributed by atoms with van der Waals surface area (Å²) in [5.41, 5.74) is 1.88. The summed E-state index contributed by atoms with van der Waals surface area (Å²) in [6, 6.07) is 1.58. The molecule has 1 aromatic rings. The Labute approximate surface area is 77.5 Å². The average Bonchev–Trinajstić information content (AvgIpc) is 2.42. The van der Waals surface area contributed by atoms with Gasteiger partial charge in [-0.1, -0.05) is 0 Å². The van der Waals surface area contributed by atoms with Crippen LogP contribution in [0, 0.1) is 13.8 Å². The normalized spacial score (nSPS) is 12.6. The number of carbonyl (C=O) groups is 1. The molecule has 0 aliphatic heterocycles. The number of esters is 1. The lowest BCUT2D eigenvalue weighted by Crippen LogP contribution is -2.19. The zero-order valence-corrected chi connectivity index (χ0v) is 8.37. The van der Waals surface area contributed by atoms with E-state index in [1.54, 1.807) is 11.6 Å². The number of nitrogens with zero attached hydrogens (tertiary/aromatic N) is 2. The first-order chi connectivity index (χ1) is 6.06. The van der Waals surface area contributed by atoms with Gasteiger partial charge in [-0.3, -0.25) is 4.68 Å². The molecule has 0 saturated carbocycles. The lowest BCUT2D eigenvalue weighted by Gasteiger charge is -2.11. The Morgan fingerprint density at radius 1 is 1.62 bits per heavy atom. The van der Waals surface area contributed by atoms with E-state index in [-0.39, 0.29) is 12.0 Å². The Bertz CT molecular complexity index is 317. The maximum Gasteiger partial charge on any atom is 0.330 e. The fraction of sp³-hybridized carbons (Fsp3) is 0.556. The summed E-state index contributed by atoms with van der Waals surface area (Å²) in [5.74, 6) is -0.272. The number of rotatable bonds is 2. The molecule has 4 nitrogen and oxygen atoms in total. The summed E-state index contributed by atoms with van der Waals surface area (Å²) in [6.45, 7) is 5.58. The topological polar surface area (TPSA) is 44.1 Å². The fourth-order valence-electron chi connectivity index (χ4n) is 1.31. The molecule has 0 saturated heterocycles. The minimum atomic E-state index is -0.348. The summed E-state index contributed by atoms with van der Waals surface area (Å²) in [5, 5.41) is 4.20. The van der Waals surface area contributed by atoms with Crippen LogP contribution < -0.4 is 0 Å². The average molecular weight is 182 g/mol. The fourth-order valence-corrected chi connectivity index (χ4v) is 1.31. The van der Waals surface area contributed by atoms with Gasteiger partial charge in [-0.25, -0.2) is 4.79 Å². The third-order valence-corrected chi connectivity index (χ3v) is 1.95. The molecular formula is C9H14N2O2. The van der Waals surface area contributed by atoms with Crippen LogP contribution in [0.3, 0.4) is 0 Å². The van der Waals surface area contributed by atoms with Crippen LogP contribution in [0.15, 0.2) is 6.07 Å². The maximum atomic E-state index is 11.2. The third-order valence-electron chi connectivity index (χ3n) is 1.95. The molecule has 0 amide bonds. The molecule has 1 aromatic heterocycles. The molecule has 1 atom stereocenters. The lowest BCUT2D eigenvalue weighted by molar-refractivity contribution is -0.144. The van der Waals surface area contributed by atoms with E-state index in [0.29, 0.717) is 0 Å². The molecule has 0 N–H and O–H groups in total. The Balaban J connectivity index is 2.94. The van der Waals surface area contributed by atoms with Gasteiger partial charge in [0, 0.05) is 5.69 Å². The number of carbonyl (C=O) groups excluding carboxylic acids is 1. The number of hydrogen-bond donors (Lipinski definition) is 0. The van der Waals surface area contributed by atoms with E-state index >= 15 is 0 Å². The first kappa shape index (κ1) is 9.77. The highest BCUT2D eigenvalue weighted by Gasteiger charge is 2.17. The third kappa shape index (κ3) is 1.88. The van der Waals surface area contributed by atoms with E-state index in [1.165, 1.54) is 7.11 Å². The SMILES string of the molecule is COC(=O)C(C)n1nc(C)cc1C. The van der Waals surface area contributed by atoms with E-state index in [0.717, 1.165) is 11.4 Å². The smallest absolute Gasteiger partial charge is 0.330 e. The molecule has 4 heteroatoms. The van der Waals surface area contributed by atoms with Crippen LogP contribution in [0.2, 0.25) is 0 Å². The van der Waals surface area contributed by atoms with Gasteiger partial charge in [0.2, 0.25) is 0 Å². The number of aromatic nitrogens is 2. The molecule has 1 rings (SSSR count). The van der Waals surface area contributed by atoms with Crippen molar-refractivity contribution in [3.8, 4) is 0 Å². The highest BCUT2D eigenvalue weighted by Crippen LogP contribution is 2.11. The van der Waals surface area contributed by atoms with Crippen molar-refractivity contribution in [1.82, 2.24) is 9.78 Å². The van der Waals surface area contributed by atoms with Crippen LogP contribution in [-0.2, 0) is 9.53 Å². The van der Waals surface area contributed by atoms with Gasteiger partial charge in [-0.05, 0) is 26.8 Å². The van der Waals surface area contributed by atoms with Crippen LogP contribution in [-0.4, -0.2) is 22.9 Å². The molecule has 0 fully saturated rings. The maximum absolute atomic E-state index is 11.2. The Morgan fingerprint density at radius 3 is 2.62 bits per heavy atom. The van der Waals surface area contributed by atoms with Gasteiger partial charge in [0.25, 0.3) is 0 Å². The zero-order valence-electron chi connectivity index (χ0n) is 8.37. The molecule has 0 aliphatic carbocycles. The van der Waals surface area contributed by atoms with Gasteiger partial charge >= 0.3 is 5.97 Å². The lowest BCUT2D eigenvalue weighted by atomic mass is 10.3. The van der Waals surface area contributed by atoms with Crippen LogP contribution in [0.1, 0.15) is 24.4 Å². The molecule has 0 radical (unpaired) electrons. The summed E-state index contributed by atoms with van der Waals surface area (Å²) < 4.78 is 6.30. The highest BCUT2D eigenvalue weighted by atomic mass is 16.5. The van der Waals surface area contributed by atoms with Gasteiger partial charge in [0.1, 0.15) is 6.04 Å². The molecule has 0 aromatic carbocycles. The van der Waals surface area contributed by atoms with Gasteiger partial charge < -0.3 is 4.74 Å². The summed E-state index contributed by atoms with van der Waals surface area (Å²) in [7, 11) is 1.38. The molecule has 0 aliphatic rings. The van der Waals surface area contributed by atoms with Crippen LogP contribution >= 0.6 is 0 Å². The van der Waals surface area contributed by atoms with E-state index in [1.807, 2.05) is 19.9 Å². The van der Waals surface area contributed by atoms with Crippen molar-refractivity contribution >= 4 is 5.97 Å². The van der Waals surface area contributed by atoms with Crippen LogP contribution in [0.5, 0.6) is 0 Å². The Morgan fingerprint density at radius 2 is 2.23 bits per heavy atom. The van der Waals surface area contributed by atoms with Crippen molar-refractivity contribution in [2.45, 2.75) is 26.8 Å². The zero-order chi connectivity index (χ0) is 10.0. The quantitative estimate of drug-likeness (QED) is 0.646. The molecule has 13 heavy (non-hydrogen) atoms. The summed E-state index contributed by atoms with van der Waals surface area (Å²) in [6.07, 6.45) is 0. The van der Waals surface area contributed by atoms with Gasteiger partial charge in [0.05, 0.1) is 12.8 Å². The van der Waals surface area contributed by atoms with Gasteiger partial charge in [0.15, 0.2) is 0 Å². The second-order valence-electron chi connectivity index (χ2n) is 3.07. The molecule has 1 heterocycles. The molecular weight excluding hydrogens is 168 g/mol. The van der Waals surface area contributed by atoms with Crippen LogP contribution in [0.4, 0.5) is 0 Å². The minimum absolute atomic E-state index is 0.272. The van der Waals surface area contributed by atoms with Crippen molar-refractivity contribution in [3.63, 3.8) is 0 Å². The molecule has 72 valence electrons. The van der Waals surface area contributed by atoms with Crippen LogP contribution in [0.25, 0.3) is 0 Å². The Hall–Kier alpha value is -1.32. The number of methoxy groups -OCH3 is 1. The van der Waals surface area contributed by atoms with E-state index in [2.05, 4.69) is 9.84 Å². The number of aryl methyl sites for hydroxylation is 2. The second kappa shape index (κ2) is 3.60. The van der Waals surface area contributed by atoms with Crippen molar-refractivity contribution in [2.24, 2.45) is 0 Å². The largest absolute Gasteiger partial charge is 0.467 e. The Kier molecular flexibility index (Phi) is 2.70. The van der Waals surface area contributed by atoms with Gasteiger partial charge in [-0.15, -0.1) is 0 Å². The van der Waals surface area contributed by atoms with Crippen molar-refractivity contribution in [1.29, 1.82) is 0 Å². The van der Waals surface area contributed by atoms with Gasteiger partial charge in [-0.2, -0.15) is 5.10 Å². The van der Waals surface area contributed by atoms with Crippen molar-refractivity contribution in [2.75, 3.05) is 7.11 Å². The second-order valence-corrected chi connectivity index (χ2v) is 3.07. The highest BCUT2D eigenvalue weighted by molar-refractivity contribution is 5.73.